The Morgan fingerprint density at radius 1 is 0.806 bits per heavy atom. The molecule has 31 heavy (non-hydrogen) atoms. The molecule has 0 saturated carbocycles. The Hall–Kier alpha value is -3.99. The second-order valence-electron chi connectivity index (χ2n) is 7.29. The minimum Gasteiger partial charge on any atom is -0.353 e. The predicted molar refractivity (Wildman–Crippen MR) is 121 cm³/mol. The first kappa shape index (κ1) is 19.0. The lowest BCUT2D eigenvalue weighted by atomic mass is 10.0. The quantitative estimate of drug-likeness (QED) is 0.355. The van der Waals surface area contributed by atoms with E-state index in [1.807, 2.05) is 12.1 Å². The summed E-state index contributed by atoms with van der Waals surface area (Å²) >= 11 is 0. The predicted octanol–water partition coefficient (Wildman–Crippen LogP) is 6.35. The van der Waals surface area contributed by atoms with Crippen molar-refractivity contribution in [1.29, 1.82) is 0 Å². The SMILES string of the molecule is Fc1ccc(-c2noc(NCCc3cccc4ccccc34)c2-c2ccncc2)cc1. The number of hydrogen-bond donors (Lipinski definition) is 1. The van der Waals surface area contributed by atoms with E-state index in [0.717, 1.165) is 23.1 Å². The number of nitrogens with one attached hydrogen (secondary N) is 1. The van der Waals surface area contributed by atoms with E-state index in [9.17, 15) is 4.39 Å². The molecule has 0 atom stereocenters. The van der Waals surface area contributed by atoms with Crippen LogP contribution in [0.5, 0.6) is 0 Å². The Labute approximate surface area is 179 Å². The fourth-order valence-corrected chi connectivity index (χ4v) is 3.82. The topological polar surface area (TPSA) is 51.0 Å². The van der Waals surface area contributed by atoms with Crippen LogP contribution in [0.2, 0.25) is 0 Å². The largest absolute Gasteiger partial charge is 0.353 e. The van der Waals surface area contributed by atoms with Gasteiger partial charge in [-0.3, -0.25) is 4.98 Å². The fourth-order valence-electron chi connectivity index (χ4n) is 3.82. The standard InChI is InChI=1S/C26H20FN3O/c27-22-10-8-21(9-11-22)25-24(20-12-15-28-16-13-20)26(31-30-25)29-17-14-19-6-3-5-18-4-1-2-7-23(18)19/h1-13,15-16,29H,14,17H2. The minimum absolute atomic E-state index is 0.286. The minimum atomic E-state index is -0.286. The molecule has 0 spiro atoms. The maximum Gasteiger partial charge on any atom is 0.233 e. The van der Waals surface area contributed by atoms with Gasteiger partial charge in [0.25, 0.3) is 0 Å². The van der Waals surface area contributed by atoms with Gasteiger partial charge in [0.2, 0.25) is 5.88 Å². The number of anilines is 1. The normalized spacial score (nSPS) is 11.0. The number of benzene rings is 3. The third kappa shape index (κ3) is 3.90. The Morgan fingerprint density at radius 3 is 2.42 bits per heavy atom. The van der Waals surface area contributed by atoms with Gasteiger partial charge in [-0.25, -0.2) is 4.39 Å². The molecule has 0 aliphatic heterocycles. The molecule has 0 aliphatic rings. The van der Waals surface area contributed by atoms with E-state index in [-0.39, 0.29) is 5.82 Å². The van der Waals surface area contributed by atoms with Gasteiger partial charge >= 0.3 is 0 Å². The molecule has 0 amide bonds. The van der Waals surface area contributed by atoms with E-state index in [1.54, 1.807) is 24.5 Å². The van der Waals surface area contributed by atoms with Gasteiger partial charge in [0.15, 0.2) is 0 Å². The first-order valence-electron chi connectivity index (χ1n) is 10.2. The number of halogens is 1. The molecule has 2 aromatic heterocycles. The maximum atomic E-state index is 13.4. The number of fused-ring (bicyclic) bond motifs is 1. The van der Waals surface area contributed by atoms with E-state index in [2.05, 4.69) is 57.9 Å². The van der Waals surface area contributed by atoms with Crippen LogP contribution in [-0.2, 0) is 6.42 Å². The van der Waals surface area contributed by atoms with Crippen molar-refractivity contribution in [2.75, 3.05) is 11.9 Å². The molecule has 0 bridgehead atoms. The first-order valence-corrected chi connectivity index (χ1v) is 10.2. The first-order chi connectivity index (χ1) is 15.3. The molecule has 1 N–H and O–H groups in total. The van der Waals surface area contributed by atoms with Gasteiger partial charge in [0.05, 0.1) is 5.56 Å². The van der Waals surface area contributed by atoms with Crippen LogP contribution in [0.3, 0.4) is 0 Å². The van der Waals surface area contributed by atoms with Crippen LogP contribution >= 0.6 is 0 Å². The maximum absolute atomic E-state index is 13.4. The molecule has 4 nitrogen and oxygen atoms in total. The second kappa shape index (κ2) is 8.40. The molecular weight excluding hydrogens is 389 g/mol. The lowest BCUT2D eigenvalue weighted by Crippen LogP contribution is -2.05. The van der Waals surface area contributed by atoms with E-state index >= 15 is 0 Å². The smallest absolute Gasteiger partial charge is 0.233 e. The molecule has 2 heterocycles. The number of pyridine rings is 1. The summed E-state index contributed by atoms with van der Waals surface area (Å²) in [5, 5.41) is 10.2. The summed E-state index contributed by atoms with van der Waals surface area (Å²) in [5.74, 6) is 0.303. The average Bonchev–Trinajstić information content (AvgIpc) is 3.24. The summed E-state index contributed by atoms with van der Waals surface area (Å²) in [7, 11) is 0. The van der Waals surface area contributed by atoms with Gasteiger partial charge < -0.3 is 9.84 Å². The van der Waals surface area contributed by atoms with Crippen molar-refractivity contribution >= 4 is 16.7 Å². The molecule has 0 aliphatic carbocycles. The van der Waals surface area contributed by atoms with Gasteiger partial charge in [-0.2, -0.15) is 0 Å². The van der Waals surface area contributed by atoms with Crippen LogP contribution < -0.4 is 5.32 Å². The van der Waals surface area contributed by atoms with Crippen molar-refractivity contribution in [3.8, 4) is 22.4 Å². The summed E-state index contributed by atoms with van der Waals surface area (Å²) in [5.41, 5.74) is 4.50. The Morgan fingerprint density at radius 2 is 1.58 bits per heavy atom. The summed E-state index contributed by atoms with van der Waals surface area (Å²) in [4.78, 5) is 4.11. The zero-order valence-electron chi connectivity index (χ0n) is 16.8. The third-order valence-corrected chi connectivity index (χ3v) is 5.34. The van der Waals surface area contributed by atoms with Crippen LogP contribution in [-0.4, -0.2) is 16.7 Å². The zero-order chi connectivity index (χ0) is 21.0. The van der Waals surface area contributed by atoms with Crippen molar-refractivity contribution < 1.29 is 8.91 Å². The molecule has 5 heteroatoms. The summed E-state index contributed by atoms with van der Waals surface area (Å²) in [6, 6.07) is 24.8. The Balaban J connectivity index is 1.44. The summed E-state index contributed by atoms with van der Waals surface area (Å²) in [6.07, 6.45) is 4.30. The van der Waals surface area contributed by atoms with Crippen molar-refractivity contribution in [1.82, 2.24) is 10.1 Å². The highest BCUT2D eigenvalue weighted by Gasteiger charge is 2.19. The van der Waals surface area contributed by atoms with Crippen LogP contribution in [0, 0.1) is 5.82 Å². The molecule has 5 rings (SSSR count). The van der Waals surface area contributed by atoms with Crippen molar-refractivity contribution in [2.45, 2.75) is 6.42 Å². The number of rotatable bonds is 6. The molecule has 5 aromatic rings. The van der Waals surface area contributed by atoms with Gasteiger partial charge in [0.1, 0.15) is 11.5 Å². The highest BCUT2D eigenvalue weighted by molar-refractivity contribution is 5.88. The number of hydrogen-bond acceptors (Lipinski definition) is 4. The van der Waals surface area contributed by atoms with Crippen LogP contribution in [0.25, 0.3) is 33.2 Å². The van der Waals surface area contributed by atoms with Gasteiger partial charge in [-0.15, -0.1) is 0 Å². The molecule has 152 valence electrons. The van der Waals surface area contributed by atoms with Gasteiger partial charge in [0, 0.05) is 24.5 Å². The van der Waals surface area contributed by atoms with E-state index in [4.69, 9.17) is 4.52 Å². The van der Waals surface area contributed by atoms with Crippen LogP contribution in [0.4, 0.5) is 10.3 Å². The molecule has 0 fully saturated rings. The zero-order valence-corrected chi connectivity index (χ0v) is 16.8. The molecule has 0 unspecified atom stereocenters. The lowest BCUT2D eigenvalue weighted by molar-refractivity contribution is 0.435. The molecular formula is C26H20FN3O. The van der Waals surface area contributed by atoms with Crippen molar-refractivity contribution in [3.05, 3.63) is 103 Å². The van der Waals surface area contributed by atoms with Crippen molar-refractivity contribution in [3.63, 3.8) is 0 Å². The highest BCUT2D eigenvalue weighted by atomic mass is 19.1. The second-order valence-corrected chi connectivity index (χ2v) is 7.29. The molecule has 0 radical (unpaired) electrons. The van der Waals surface area contributed by atoms with E-state index in [1.165, 1.54) is 28.5 Å². The number of aromatic nitrogens is 2. The Bertz CT molecular complexity index is 1310. The van der Waals surface area contributed by atoms with Crippen LogP contribution in [0.1, 0.15) is 5.56 Å². The number of nitrogens with zero attached hydrogens (tertiary/aromatic N) is 2. The monoisotopic (exact) mass is 409 g/mol. The average molecular weight is 409 g/mol. The highest BCUT2D eigenvalue weighted by Crippen LogP contribution is 2.37. The van der Waals surface area contributed by atoms with Gasteiger partial charge in [-0.1, -0.05) is 47.6 Å². The van der Waals surface area contributed by atoms with Gasteiger partial charge in [-0.05, 0) is 64.7 Å². The van der Waals surface area contributed by atoms with Crippen LogP contribution in [0.15, 0.2) is 95.8 Å². The molecule has 3 aromatic carbocycles. The lowest BCUT2D eigenvalue weighted by Gasteiger charge is -2.09. The van der Waals surface area contributed by atoms with E-state index < -0.39 is 0 Å². The Kier molecular flexibility index (Phi) is 5.15. The van der Waals surface area contributed by atoms with E-state index in [0.29, 0.717) is 18.1 Å². The third-order valence-electron chi connectivity index (χ3n) is 5.34. The van der Waals surface area contributed by atoms with Crippen molar-refractivity contribution in [2.24, 2.45) is 0 Å². The molecule has 0 saturated heterocycles. The summed E-state index contributed by atoms with van der Waals surface area (Å²) in [6.45, 7) is 0.685. The fraction of sp³-hybridized carbons (Fsp3) is 0.0769. The summed E-state index contributed by atoms with van der Waals surface area (Å²) < 4.78 is 19.1.